The number of allylic oxidation sites excluding steroid dienone is 4. The highest BCUT2D eigenvalue weighted by atomic mass is 32.3. The first-order chi connectivity index (χ1) is 17.0. The number of nitrogens with zero attached hydrogens (tertiary/aromatic N) is 2. The van der Waals surface area contributed by atoms with Crippen LogP contribution in [0.4, 0.5) is 5.69 Å². The Hall–Kier alpha value is -3.58. The highest BCUT2D eigenvalue weighted by Gasteiger charge is 2.36. The molecule has 0 aromatic heterocycles. The van der Waals surface area contributed by atoms with Crippen molar-refractivity contribution in [2.75, 3.05) is 45.1 Å². The first-order valence-corrected chi connectivity index (χ1v) is 14.3. The molecule has 0 bridgehead atoms. The van der Waals surface area contributed by atoms with Gasteiger partial charge in [-0.1, -0.05) is 24.3 Å². The first-order valence-electron chi connectivity index (χ1n) is 11.8. The lowest BCUT2D eigenvalue weighted by atomic mass is 9.87. The third kappa shape index (κ3) is 4.63. The topological polar surface area (TPSA) is 77.9 Å². The third-order valence-electron chi connectivity index (χ3n) is 6.73. The van der Waals surface area contributed by atoms with Gasteiger partial charge in [-0.05, 0) is 77.6 Å². The molecule has 2 aromatic rings. The summed E-state index contributed by atoms with van der Waals surface area (Å²) >= 11 is 0. The Morgan fingerprint density at radius 2 is 1.69 bits per heavy atom. The molecular formula is C29H32N2O4S. The summed E-state index contributed by atoms with van der Waals surface area (Å²) in [5.41, 5.74) is 5.44. The van der Waals surface area contributed by atoms with Crippen molar-refractivity contribution in [2.45, 2.75) is 17.7 Å². The average Bonchev–Trinajstić information content (AvgIpc) is 2.84. The molecule has 4 rings (SSSR count). The predicted molar refractivity (Wildman–Crippen MR) is 147 cm³/mol. The van der Waals surface area contributed by atoms with E-state index in [-0.39, 0.29) is 18.1 Å². The summed E-state index contributed by atoms with van der Waals surface area (Å²) in [4.78, 5) is 42.8. The maximum absolute atomic E-state index is 13.5. The molecule has 0 fully saturated rings. The molecule has 188 valence electrons. The molecule has 0 saturated carbocycles. The van der Waals surface area contributed by atoms with Gasteiger partial charge in [-0.15, -0.1) is 0 Å². The summed E-state index contributed by atoms with van der Waals surface area (Å²) in [5.74, 6) is -1.06. The van der Waals surface area contributed by atoms with Crippen LogP contribution < -0.4 is 4.90 Å². The van der Waals surface area contributed by atoms with Crippen molar-refractivity contribution in [3.8, 4) is 0 Å². The van der Waals surface area contributed by atoms with E-state index in [0.717, 1.165) is 32.9 Å². The summed E-state index contributed by atoms with van der Waals surface area (Å²) in [6.45, 7) is 0.352. The van der Waals surface area contributed by atoms with Crippen LogP contribution >= 0.6 is 10.0 Å². The Kier molecular flexibility index (Phi) is 6.96. The van der Waals surface area contributed by atoms with Crippen molar-refractivity contribution >= 4 is 38.9 Å². The second kappa shape index (κ2) is 9.82. The number of amides is 1. The minimum Gasteiger partial charge on any atom is -0.481 e. The summed E-state index contributed by atoms with van der Waals surface area (Å²) in [5, 5.41) is 8.97. The van der Waals surface area contributed by atoms with Crippen molar-refractivity contribution < 1.29 is 19.5 Å². The summed E-state index contributed by atoms with van der Waals surface area (Å²) in [6.07, 6.45) is 10.1. The Morgan fingerprint density at radius 1 is 0.972 bits per heavy atom. The van der Waals surface area contributed by atoms with Crippen LogP contribution in [-0.4, -0.2) is 67.9 Å². The largest absolute Gasteiger partial charge is 0.481 e. The molecule has 2 aromatic carbocycles. The highest BCUT2D eigenvalue weighted by Crippen LogP contribution is 2.66. The van der Waals surface area contributed by atoms with Gasteiger partial charge in [-0.2, -0.15) is 10.0 Å². The molecule has 1 aliphatic carbocycles. The molecule has 0 atom stereocenters. The number of aliphatic carboxylic acids is 1. The van der Waals surface area contributed by atoms with Crippen molar-refractivity contribution in [3.05, 3.63) is 87.9 Å². The molecule has 1 amide bonds. The van der Waals surface area contributed by atoms with Crippen LogP contribution in [0.1, 0.15) is 34.3 Å². The molecule has 0 radical (unpaired) electrons. The second-order valence-corrected chi connectivity index (χ2v) is 13.2. The van der Waals surface area contributed by atoms with Crippen LogP contribution in [0.25, 0.3) is 5.57 Å². The van der Waals surface area contributed by atoms with E-state index in [2.05, 4.69) is 35.6 Å². The normalized spacial score (nSPS) is 16.6. The second-order valence-electron chi connectivity index (χ2n) is 9.70. The Morgan fingerprint density at radius 3 is 2.39 bits per heavy atom. The van der Waals surface area contributed by atoms with Gasteiger partial charge in [0, 0.05) is 55.2 Å². The number of carbonyl (C=O) groups excluding carboxylic acids is 2. The molecule has 1 aliphatic heterocycles. The number of rotatable bonds is 7. The van der Waals surface area contributed by atoms with Crippen molar-refractivity contribution in [1.82, 2.24) is 4.90 Å². The summed E-state index contributed by atoms with van der Waals surface area (Å²) in [7, 11) is 4.23. The minimum absolute atomic E-state index is 0.0149. The maximum atomic E-state index is 13.5. The number of hydrogen-bond acceptors (Lipinski definition) is 4. The van der Waals surface area contributed by atoms with E-state index < -0.39 is 16.0 Å². The number of carboxylic acid groups (broad SMARTS) is 1. The molecular weight excluding hydrogens is 472 g/mol. The Balaban J connectivity index is 1.91. The van der Waals surface area contributed by atoms with E-state index in [1.54, 1.807) is 24.1 Å². The standard InChI is InChI=1S/C29H32N2O4S/c1-30(2)19-12-14-23-25(17-19)36(4,5)26-18-20(32)13-15-24(26)28(23)21-9-6-7-10-22(21)29(35)31(3)16-8-11-27(33)34/h6-7,9-10,12-15,17-18H,8,11,16H2,1-5H3,(H,33,34). The van der Waals surface area contributed by atoms with Gasteiger partial charge >= 0.3 is 5.97 Å². The van der Waals surface area contributed by atoms with Crippen molar-refractivity contribution in [2.24, 2.45) is 0 Å². The molecule has 1 N–H and O–H groups in total. The van der Waals surface area contributed by atoms with E-state index in [1.807, 2.05) is 44.4 Å². The highest BCUT2D eigenvalue weighted by molar-refractivity contribution is 8.36. The van der Waals surface area contributed by atoms with Gasteiger partial charge in [-0.3, -0.25) is 14.4 Å². The molecule has 2 aliphatic rings. The first kappa shape index (κ1) is 25.5. The molecule has 6 nitrogen and oxygen atoms in total. The van der Waals surface area contributed by atoms with Gasteiger partial charge in [0.1, 0.15) is 0 Å². The fraction of sp³-hybridized carbons (Fsp3) is 0.276. The molecule has 0 saturated heterocycles. The quantitative estimate of drug-likeness (QED) is 0.577. The fourth-order valence-corrected chi connectivity index (χ4v) is 7.27. The van der Waals surface area contributed by atoms with Crippen molar-refractivity contribution in [3.63, 3.8) is 0 Å². The molecule has 7 heteroatoms. The maximum Gasteiger partial charge on any atom is 0.303 e. The van der Waals surface area contributed by atoms with Crippen LogP contribution in [0.15, 0.2) is 76.1 Å². The van der Waals surface area contributed by atoms with E-state index in [4.69, 9.17) is 5.11 Å². The van der Waals surface area contributed by atoms with Gasteiger partial charge in [0.15, 0.2) is 5.78 Å². The van der Waals surface area contributed by atoms with Crippen LogP contribution in [0.5, 0.6) is 0 Å². The van der Waals surface area contributed by atoms with E-state index in [9.17, 15) is 14.4 Å². The Labute approximate surface area is 213 Å². The van der Waals surface area contributed by atoms with Crippen LogP contribution in [0.2, 0.25) is 0 Å². The lowest BCUT2D eigenvalue weighted by Crippen LogP contribution is -2.29. The number of ketones is 1. The lowest BCUT2D eigenvalue weighted by Gasteiger charge is -2.43. The van der Waals surface area contributed by atoms with Crippen LogP contribution in [0.3, 0.4) is 0 Å². The molecule has 0 spiro atoms. The van der Waals surface area contributed by atoms with Gasteiger partial charge in [0.25, 0.3) is 5.91 Å². The van der Waals surface area contributed by atoms with Crippen LogP contribution in [-0.2, 0) is 9.59 Å². The lowest BCUT2D eigenvalue weighted by molar-refractivity contribution is -0.137. The number of carboxylic acids is 1. The fourth-order valence-electron chi connectivity index (χ4n) is 4.77. The smallest absolute Gasteiger partial charge is 0.303 e. The SMILES string of the molecule is CN(CCCC(=O)O)C(=O)c1ccccc1C1=C2C=CC(=O)C=C2S(C)(C)c2cc(N(C)C)ccc21. The summed E-state index contributed by atoms with van der Waals surface area (Å²) < 4.78 is 0. The zero-order valence-electron chi connectivity index (χ0n) is 21.4. The van der Waals surface area contributed by atoms with Gasteiger partial charge in [0.05, 0.1) is 0 Å². The van der Waals surface area contributed by atoms with Gasteiger partial charge < -0.3 is 14.9 Å². The van der Waals surface area contributed by atoms with Crippen LogP contribution in [0, 0.1) is 0 Å². The van der Waals surface area contributed by atoms with E-state index in [1.165, 1.54) is 4.90 Å². The molecule has 0 unspecified atom stereocenters. The van der Waals surface area contributed by atoms with Gasteiger partial charge in [-0.25, -0.2) is 0 Å². The monoisotopic (exact) mass is 504 g/mol. The van der Waals surface area contributed by atoms with Crippen molar-refractivity contribution in [1.29, 1.82) is 0 Å². The van der Waals surface area contributed by atoms with Gasteiger partial charge in [0.2, 0.25) is 0 Å². The zero-order chi connectivity index (χ0) is 26.2. The van der Waals surface area contributed by atoms with E-state index in [0.29, 0.717) is 18.5 Å². The van der Waals surface area contributed by atoms with E-state index >= 15 is 0 Å². The number of benzene rings is 2. The number of anilines is 1. The number of carbonyl (C=O) groups is 3. The number of hydrogen-bond donors (Lipinski definition) is 1. The summed E-state index contributed by atoms with van der Waals surface area (Å²) in [6, 6.07) is 14.0. The Bertz CT molecular complexity index is 1350. The molecule has 1 heterocycles. The molecule has 36 heavy (non-hydrogen) atoms. The third-order valence-corrected chi connectivity index (χ3v) is 9.61. The number of fused-ring (bicyclic) bond motifs is 2. The zero-order valence-corrected chi connectivity index (χ0v) is 22.2. The minimum atomic E-state index is -1.49. The predicted octanol–water partition coefficient (Wildman–Crippen LogP) is 4.95. The average molecular weight is 505 g/mol.